The number of nitrogens with one attached hydrogen (secondary N) is 1. The summed E-state index contributed by atoms with van der Waals surface area (Å²) in [5.74, 6) is -1.19. The maximum Gasteiger partial charge on any atom is 0.304 e. The van der Waals surface area contributed by atoms with E-state index in [-0.39, 0.29) is 18.2 Å². The van der Waals surface area contributed by atoms with Gasteiger partial charge in [0.1, 0.15) is 0 Å². The van der Waals surface area contributed by atoms with Crippen molar-refractivity contribution >= 4 is 11.8 Å². The van der Waals surface area contributed by atoms with Gasteiger partial charge in [-0.3, -0.25) is 10.2 Å². The lowest BCUT2D eigenvalue weighted by Gasteiger charge is -2.10. The molecule has 4 N–H and O–H groups in total. The Morgan fingerprint density at radius 3 is 2.55 bits per heavy atom. The zero-order chi connectivity index (χ0) is 8.85. The highest BCUT2D eigenvalue weighted by Gasteiger charge is 2.14. The quantitative estimate of drug-likeness (QED) is 0.408. The van der Waals surface area contributed by atoms with Crippen molar-refractivity contribution in [2.75, 3.05) is 0 Å². The largest absolute Gasteiger partial charge is 0.481 e. The third-order valence-corrected chi connectivity index (χ3v) is 1.50. The first-order valence-electron chi connectivity index (χ1n) is 3.63. The summed E-state index contributed by atoms with van der Waals surface area (Å²) in [7, 11) is 0. The number of carbonyl (C=O) groups is 1. The van der Waals surface area contributed by atoms with Gasteiger partial charge in [-0.15, -0.1) is 0 Å². The molecule has 0 rings (SSSR count). The van der Waals surface area contributed by atoms with E-state index in [1.807, 2.05) is 6.92 Å². The average molecular weight is 158 g/mol. The summed E-state index contributed by atoms with van der Waals surface area (Å²) in [6.07, 6.45) is 1.52. The molecule has 0 radical (unpaired) electrons. The van der Waals surface area contributed by atoms with E-state index >= 15 is 0 Å². The number of hydrogen-bond acceptors (Lipinski definition) is 2. The number of amidine groups is 1. The van der Waals surface area contributed by atoms with Gasteiger partial charge in [-0.05, 0) is 6.42 Å². The van der Waals surface area contributed by atoms with Gasteiger partial charge < -0.3 is 10.8 Å². The molecule has 0 aliphatic rings. The lowest BCUT2D eigenvalue weighted by molar-refractivity contribution is -0.137. The number of rotatable bonds is 5. The molecule has 1 unspecified atom stereocenters. The first-order chi connectivity index (χ1) is 5.07. The Bertz CT molecular complexity index is 157. The van der Waals surface area contributed by atoms with Crippen LogP contribution in [0.25, 0.3) is 0 Å². The van der Waals surface area contributed by atoms with Crippen LogP contribution in [0.1, 0.15) is 26.2 Å². The fourth-order valence-corrected chi connectivity index (χ4v) is 0.927. The van der Waals surface area contributed by atoms with Crippen molar-refractivity contribution in [1.82, 2.24) is 0 Å². The van der Waals surface area contributed by atoms with E-state index in [9.17, 15) is 4.79 Å². The predicted molar refractivity (Wildman–Crippen MR) is 42.6 cm³/mol. The van der Waals surface area contributed by atoms with Crippen LogP contribution in [0.2, 0.25) is 0 Å². The predicted octanol–water partition coefficient (Wildman–Crippen LogP) is 0.813. The Morgan fingerprint density at radius 2 is 2.27 bits per heavy atom. The maximum absolute atomic E-state index is 10.2. The van der Waals surface area contributed by atoms with Crippen LogP contribution in [0.5, 0.6) is 0 Å². The summed E-state index contributed by atoms with van der Waals surface area (Å²) in [6.45, 7) is 1.94. The molecule has 11 heavy (non-hydrogen) atoms. The molecule has 0 saturated carbocycles. The van der Waals surface area contributed by atoms with Crippen LogP contribution in [-0.4, -0.2) is 16.9 Å². The van der Waals surface area contributed by atoms with E-state index in [1.165, 1.54) is 0 Å². The van der Waals surface area contributed by atoms with E-state index in [1.54, 1.807) is 0 Å². The molecular weight excluding hydrogens is 144 g/mol. The van der Waals surface area contributed by atoms with Crippen LogP contribution < -0.4 is 5.73 Å². The number of aliphatic carboxylic acids is 1. The van der Waals surface area contributed by atoms with Gasteiger partial charge in [-0.25, -0.2) is 0 Å². The molecule has 0 aliphatic heterocycles. The monoisotopic (exact) mass is 158 g/mol. The number of carboxylic acid groups (broad SMARTS) is 1. The summed E-state index contributed by atoms with van der Waals surface area (Å²) in [6, 6.07) is 0. The summed E-state index contributed by atoms with van der Waals surface area (Å²) >= 11 is 0. The summed E-state index contributed by atoms with van der Waals surface area (Å²) in [5.41, 5.74) is 5.19. The first kappa shape index (κ1) is 9.94. The van der Waals surface area contributed by atoms with Gasteiger partial charge in [0.2, 0.25) is 0 Å². The van der Waals surface area contributed by atoms with Gasteiger partial charge in [0.15, 0.2) is 0 Å². The Kier molecular flexibility index (Phi) is 4.26. The van der Waals surface area contributed by atoms with Crippen molar-refractivity contribution in [3.63, 3.8) is 0 Å². The summed E-state index contributed by atoms with van der Waals surface area (Å²) in [4.78, 5) is 10.2. The molecule has 4 heteroatoms. The molecular formula is C7H14N2O2. The number of hydrogen-bond donors (Lipinski definition) is 3. The van der Waals surface area contributed by atoms with Gasteiger partial charge in [0.05, 0.1) is 12.3 Å². The van der Waals surface area contributed by atoms with Crippen molar-refractivity contribution in [2.45, 2.75) is 26.2 Å². The fraction of sp³-hybridized carbons (Fsp3) is 0.714. The minimum atomic E-state index is -0.890. The van der Waals surface area contributed by atoms with E-state index < -0.39 is 5.97 Å². The second-order valence-electron chi connectivity index (χ2n) is 2.54. The smallest absolute Gasteiger partial charge is 0.304 e. The average Bonchev–Trinajstić information content (AvgIpc) is 1.86. The molecule has 4 nitrogen and oxygen atoms in total. The summed E-state index contributed by atoms with van der Waals surface area (Å²) < 4.78 is 0. The molecule has 0 aromatic heterocycles. The van der Waals surface area contributed by atoms with Crippen molar-refractivity contribution in [2.24, 2.45) is 11.7 Å². The van der Waals surface area contributed by atoms with Crippen LogP contribution in [-0.2, 0) is 4.79 Å². The SMILES string of the molecule is CCCC(CC(=O)O)C(=N)N. The van der Waals surface area contributed by atoms with E-state index in [4.69, 9.17) is 16.2 Å². The van der Waals surface area contributed by atoms with Crippen LogP contribution in [0.15, 0.2) is 0 Å². The molecule has 1 atom stereocenters. The zero-order valence-corrected chi connectivity index (χ0v) is 6.63. The van der Waals surface area contributed by atoms with E-state index in [2.05, 4.69) is 0 Å². The van der Waals surface area contributed by atoms with Crippen LogP contribution in [0.3, 0.4) is 0 Å². The molecule has 0 aliphatic carbocycles. The highest BCUT2D eigenvalue weighted by molar-refractivity contribution is 5.83. The molecule has 0 bridgehead atoms. The number of nitrogens with two attached hydrogens (primary N) is 1. The summed E-state index contributed by atoms with van der Waals surface area (Å²) in [5, 5.41) is 15.5. The van der Waals surface area contributed by atoms with E-state index in [0.29, 0.717) is 6.42 Å². The highest BCUT2D eigenvalue weighted by atomic mass is 16.4. The van der Waals surface area contributed by atoms with Gasteiger partial charge in [0.25, 0.3) is 0 Å². The van der Waals surface area contributed by atoms with Gasteiger partial charge in [0, 0.05) is 5.92 Å². The standard InChI is InChI=1S/C7H14N2O2/c1-2-3-5(7(8)9)4-6(10)11/h5H,2-4H2,1H3,(H3,8,9)(H,10,11). The molecule has 0 aromatic carbocycles. The Labute approximate surface area is 65.9 Å². The van der Waals surface area contributed by atoms with Crippen molar-refractivity contribution in [1.29, 1.82) is 5.41 Å². The second-order valence-corrected chi connectivity index (χ2v) is 2.54. The molecule has 0 amide bonds. The Morgan fingerprint density at radius 1 is 1.73 bits per heavy atom. The Hall–Kier alpha value is -1.06. The number of carboxylic acids is 1. The lowest BCUT2D eigenvalue weighted by Crippen LogP contribution is -2.24. The third kappa shape index (κ3) is 4.36. The first-order valence-corrected chi connectivity index (χ1v) is 3.63. The normalized spacial score (nSPS) is 12.5. The van der Waals surface area contributed by atoms with Gasteiger partial charge >= 0.3 is 5.97 Å². The molecule has 0 aromatic rings. The fourth-order valence-electron chi connectivity index (χ4n) is 0.927. The molecule has 0 fully saturated rings. The maximum atomic E-state index is 10.2. The Balaban J connectivity index is 3.89. The van der Waals surface area contributed by atoms with E-state index in [0.717, 1.165) is 6.42 Å². The minimum absolute atomic E-state index is 0.0192. The van der Waals surface area contributed by atoms with Crippen molar-refractivity contribution < 1.29 is 9.90 Å². The molecule has 0 spiro atoms. The third-order valence-electron chi connectivity index (χ3n) is 1.50. The zero-order valence-electron chi connectivity index (χ0n) is 6.63. The molecule has 0 heterocycles. The van der Waals surface area contributed by atoms with Crippen LogP contribution in [0.4, 0.5) is 0 Å². The molecule has 0 saturated heterocycles. The molecule has 64 valence electrons. The van der Waals surface area contributed by atoms with Crippen molar-refractivity contribution in [3.8, 4) is 0 Å². The van der Waals surface area contributed by atoms with Crippen LogP contribution >= 0.6 is 0 Å². The second kappa shape index (κ2) is 4.71. The lowest BCUT2D eigenvalue weighted by atomic mass is 9.99. The van der Waals surface area contributed by atoms with Gasteiger partial charge in [-0.1, -0.05) is 13.3 Å². The van der Waals surface area contributed by atoms with Crippen LogP contribution in [0, 0.1) is 11.3 Å². The van der Waals surface area contributed by atoms with Crippen molar-refractivity contribution in [3.05, 3.63) is 0 Å². The van der Waals surface area contributed by atoms with Gasteiger partial charge in [-0.2, -0.15) is 0 Å². The highest BCUT2D eigenvalue weighted by Crippen LogP contribution is 2.09. The minimum Gasteiger partial charge on any atom is -0.481 e. The topological polar surface area (TPSA) is 87.2 Å².